The lowest BCUT2D eigenvalue weighted by Crippen LogP contribution is -1.90. The maximum absolute atomic E-state index is 4.97. The summed E-state index contributed by atoms with van der Waals surface area (Å²) >= 11 is 0. The van der Waals surface area contributed by atoms with Crippen LogP contribution >= 0.6 is 0 Å². The van der Waals surface area contributed by atoms with Crippen LogP contribution in [0, 0.1) is 24.2 Å². The second-order valence-electron chi connectivity index (χ2n) is 2.15. The van der Waals surface area contributed by atoms with Gasteiger partial charge in [-0.25, -0.2) is 0 Å². The van der Waals surface area contributed by atoms with Crippen LogP contribution in [0.15, 0.2) is 0 Å². The second-order valence-corrected chi connectivity index (χ2v) is 2.15. The SMILES string of the molecule is C#CCOCC#CCCCC. The first-order valence-corrected chi connectivity index (χ1v) is 3.88. The van der Waals surface area contributed by atoms with Crippen LogP contribution in [0.3, 0.4) is 0 Å². The molecule has 0 aliphatic rings. The van der Waals surface area contributed by atoms with Gasteiger partial charge in [-0.15, -0.1) is 12.3 Å². The van der Waals surface area contributed by atoms with Crippen molar-refractivity contribution in [2.75, 3.05) is 13.2 Å². The molecule has 0 amide bonds. The van der Waals surface area contributed by atoms with Crippen LogP contribution in [0.25, 0.3) is 0 Å². The van der Waals surface area contributed by atoms with E-state index in [9.17, 15) is 0 Å². The summed E-state index contributed by atoms with van der Waals surface area (Å²) in [5.41, 5.74) is 0. The average molecular weight is 150 g/mol. The summed E-state index contributed by atoms with van der Waals surface area (Å²) in [6.07, 6.45) is 8.30. The number of terminal acetylenes is 1. The topological polar surface area (TPSA) is 9.23 Å². The van der Waals surface area contributed by atoms with Crippen LogP contribution < -0.4 is 0 Å². The van der Waals surface area contributed by atoms with Gasteiger partial charge in [0.1, 0.15) is 13.2 Å². The summed E-state index contributed by atoms with van der Waals surface area (Å²) in [5.74, 6) is 8.27. The van der Waals surface area contributed by atoms with E-state index in [1.54, 1.807) is 0 Å². The van der Waals surface area contributed by atoms with Crippen molar-refractivity contribution in [3.8, 4) is 24.2 Å². The van der Waals surface area contributed by atoms with Crippen molar-refractivity contribution < 1.29 is 4.74 Å². The van der Waals surface area contributed by atoms with Gasteiger partial charge in [-0.2, -0.15) is 0 Å². The molecular formula is C10H14O. The van der Waals surface area contributed by atoms with Crippen LogP contribution in [-0.2, 0) is 4.74 Å². The van der Waals surface area contributed by atoms with Crippen LogP contribution in [0.1, 0.15) is 26.2 Å². The highest BCUT2D eigenvalue weighted by molar-refractivity contribution is 4.99. The third-order valence-corrected chi connectivity index (χ3v) is 1.14. The zero-order valence-electron chi connectivity index (χ0n) is 7.02. The number of unbranched alkanes of at least 4 members (excludes halogenated alkanes) is 2. The van der Waals surface area contributed by atoms with E-state index in [1.165, 1.54) is 12.8 Å². The predicted octanol–water partition coefficient (Wildman–Crippen LogP) is 1.83. The Kier molecular flexibility index (Phi) is 8.32. The van der Waals surface area contributed by atoms with Crippen molar-refractivity contribution in [1.82, 2.24) is 0 Å². The minimum atomic E-state index is 0.364. The van der Waals surface area contributed by atoms with E-state index in [-0.39, 0.29) is 0 Å². The van der Waals surface area contributed by atoms with Crippen LogP contribution in [0.5, 0.6) is 0 Å². The largest absolute Gasteiger partial charge is 0.356 e. The Morgan fingerprint density at radius 3 is 2.73 bits per heavy atom. The molecule has 1 heteroatoms. The molecule has 0 spiro atoms. The highest BCUT2D eigenvalue weighted by Gasteiger charge is 1.77. The van der Waals surface area contributed by atoms with E-state index in [2.05, 4.69) is 24.7 Å². The molecule has 0 bridgehead atoms. The molecule has 0 N–H and O–H groups in total. The fraction of sp³-hybridized carbons (Fsp3) is 0.600. The van der Waals surface area contributed by atoms with Crippen LogP contribution in [0.2, 0.25) is 0 Å². The Morgan fingerprint density at radius 1 is 1.27 bits per heavy atom. The average Bonchev–Trinajstić information content (AvgIpc) is 2.03. The molecule has 11 heavy (non-hydrogen) atoms. The first-order chi connectivity index (χ1) is 5.41. The fourth-order valence-electron chi connectivity index (χ4n) is 0.566. The molecule has 0 aromatic heterocycles. The van der Waals surface area contributed by atoms with E-state index >= 15 is 0 Å². The standard InChI is InChI=1S/C10H14O/c1-3-5-6-7-8-10-11-9-4-2/h2H,3,5-6,9-10H2,1H3. The Bertz CT molecular complexity index is 166. The molecule has 0 atom stereocenters. The lowest BCUT2D eigenvalue weighted by Gasteiger charge is -1.88. The predicted molar refractivity (Wildman–Crippen MR) is 47.0 cm³/mol. The lowest BCUT2D eigenvalue weighted by atomic mass is 10.2. The molecule has 0 aromatic rings. The Hall–Kier alpha value is -0.920. The summed E-state index contributed by atoms with van der Waals surface area (Å²) in [4.78, 5) is 0. The fourth-order valence-corrected chi connectivity index (χ4v) is 0.566. The number of ether oxygens (including phenoxy) is 1. The Morgan fingerprint density at radius 2 is 2.09 bits per heavy atom. The van der Waals surface area contributed by atoms with Crippen molar-refractivity contribution in [3.63, 3.8) is 0 Å². The van der Waals surface area contributed by atoms with Gasteiger partial charge in [0, 0.05) is 6.42 Å². The Labute approximate surface area is 69.1 Å². The maximum atomic E-state index is 4.97. The summed E-state index contributed by atoms with van der Waals surface area (Å²) in [6.45, 7) is 2.98. The quantitative estimate of drug-likeness (QED) is 0.439. The minimum absolute atomic E-state index is 0.364. The minimum Gasteiger partial charge on any atom is -0.356 e. The summed E-state index contributed by atoms with van der Waals surface area (Å²) in [5, 5.41) is 0. The molecule has 0 radical (unpaired) electrons. The van der Waals surface area contributed by atoms with Crippen LogP contribution in [-0.4, -0.2) is 13.2 Å². The van der Waals surface area contributed by atoms with Gasteiger partial charge in [0.25, 0.3) is 0 Å². The smallest absolute Gasteiger partial charge is 0.109 e. The van der Waals surface area contributed by atoms with Crippen molar-refractivity contribution >= 4 is 0 Å². The van der Waals surface area contributed by atoms with E-state index < -0.39 is 0 Å². The van der Waals surface area contributed by atoms with Crippen molar-refractivity contribution in [2.45, 2.75) is 26.2 Å². The van der Waals surface area contributed by atoms with Crippen LogP contribution in [0.4, 0.5) is 0 Å². The monoisotopic (exact) mass is 150 g/mol. The van der Waals surface area contributed by atoms with Gasteiger partial charge in [-0.3, -0.25) is 0 Å². The zero-order chi connectivity index (χ0) is 8.36. The number of rotatable bonds is 4. The van der Waals surface area contributed by atoms with E-state index in [1.807, 2.05) is 0 Å². The molecule has 0 heterocycles. The third-order valence-electron chi connectivity index (χ3n) is 1.14. The van der Waals surface area contributed by atoms with E-state index in [0.29, 0.717) is 13.2 Å². The van der Waals surface area contributed by atoms with Gasteiger partial charge in [-0.05, 0) is 6.42 Å². The van der Waals surface area contributed by atoms with Gasteiger partial charge < -0.3 is 4.74 Å². The van der Waals surface area contributed by atoms with Gasteiger partial charge in [-0.1, -0.05) is 25.2 Å². The molecule has 0 fully saturated rings. The molecule has 0 unspecified atom stereocenters. The van der Waals surface area contributed by atoms with E-state index in [4.69, 9.17) is 11.2 Å². The van der Waals surface area contributed by atoms with Crippen molar-refractivity contribution in [3.05, 3.63) is 0 Å². The highest BCUT2D eigenvalue weighted by atomic mass is 16.5. The molecule has 0 saturated carbocycles. The molecule has 0 saturated heterocycles. The lowest BCUT2D eigenvalue weighted by molar-refractivity contribution is 0.204. The van der Waals surface area contributed by atoms with Crippen molar-refractivity contribution in [2.24, 2.45) is 0 Å². The van der Waals surface area contributed by atoms with E-state index in [0.717, 1.165) is 6.42 Å². The summed E-state index contributed by atoms with van der Waals surface area (Å²) < 4.78 is 4.95. The molecule has 0 rings (SSSR count). The number of hydrogen-bond donors (Lipinski definition) is 0. The Balaban J connectivity index is 3.07. The molecule has 1 nitrogen and oxygen atoms in total. The first-order valence-electron chi connectivity index (χ1n) is 3.88. The zero-order valence-corrected chi connectivity index (χ0v) is 7.02. The first kappa shape index (κ1) is 10.1. The third kappa shape index (κ3) is 9.08. The van der Waals surface area contributed by atoms with Gasteiger partial charge in [0.15, 0.2) is 0 Å². The molecule has 0 aliphatic carbocycles. The maximum Gasteiger partial charge on any atom is 0.109 e. The normalized spacial score (nSPS) is 8.00. The van der Waals surface area contributed by atoms with Gasteiger partial charge >= 0.3 is 0 Å². The van der Waals surface area contributed by atoms with Gasteiger partial charge in [0.2, 0.25) is 0 Å². The molecular weight excluding hydrogens is 136 g/mol. The molecule has 0 aromatic carbocycles. The highest BCUT2D eigenvalue weighted by Crippen LogP contribution is 1.89. The second kappa shape index (κ2) is 9.08. The molecule has 0 aliphatic heterocycles. The number of hydrogen-bond acceptors (Lipinski definition) is 1. The van der Waals surface area contributed by atoms with Gasteiger partial charge in [0.05, 0.1) is 0 Å². The molecule has 60 valence electrons. The van der Waals surface area contributed by atoms with Crippen molar-refractivity contribution in [1.29, 1.82) is 0 Å². The summed E-state index contributed by atoms with van der Waals surface area (Å²) in [7, 11) is 0. The summed E-state index contributed by atoms with van der Waals surface area (Å²) in [6, 6.07) is 0.